The van der Waals surface area contributed by atoms with E-state index in [0.717, 1.165) is 0 Å². The topological polar surface area (TPSA) is 86.3 Å². The largest absolute Gasteiger partial charge is 0.296 e. The fourth-order valence-electron chi connectivity index (χ4n) is 0.545. The van der Waals surface area contributed by atoms with E-state index < -0.39 is 9.85 Å². The SMILES string of the molecule is C#CC(C#C)=C(C#C[N+](=O)[O-])C#C[N+](=O)[O-]. The zero-order chi connectivity index (χ0) is 12.6. The zero-order valence-corrected chi connectivity index (χ0v) is 7.68. The van der Waals surface area contributed by atoms with Crippen LogP contribution in [0, 0.1) is 68.8 Å². The molecule has 6 nitrogen and oxygen atoms in total. The maximum atomic E-state index is 9.97. The van der Waals surface area contributed by atoms with Gasteiger partial charge in [-0.1, -0.05) is 11.8 Å². The fraction of sp³-hybridized carbons (Fsp3) is 0. The van der Waals surface area contributed by atoms with E-state index in [2.05, 4.69) is 0 Å². The number of hydrogen-bond acceptors (Lipinski definition) is 4. The Bertz CT molecular complexity index is 514. The Hall–Kier alpha value is -3.22. The van der Waals surface area contributed by atoms with Crippen molar-refractivity contribution >= 4 is 0 Å². The lowest BCUT2D eigenvalue weighted by molar-refractivity contribution is -0.379. The number of nitro groups is 2. The molecule has 0 heterocycles. The minimum Gasteiger partial charge on any atom is -0.249 e. The molecule has 16 heavy (non-hydrogen) atoms. The van der Waals surface area contributed by atoms with Gasteiger partial charge in [0.2, 0.25) is 0 Å². The Kier molecular flexibility index (Phi) is 5.01. The first kappa shape index (κ1) is 12.8. The highest BCUT2D eigenvalue weighted by atomic mass is 16.6. The van der Waals surface area contributed by atoms with Gasteiger partial charge in [0.15, 0.2) is 0 Å². The number of allylic oxidation sites excluding steroid dienone is 2. The molecule has 76 valence electrons. The van der Waals surface area contributed by atoms with Gasteiger partial charge in [-0.05, 0) is 0 Å². The minimum atomic E-state index is -0.946. The van der Waals surface area contributed by atoms with Crippen molar-refractivity contribution < 1.29 is 9.85 Å². The van der Waals surface area contributed by atoms with Crippen LogP contribution < -0.4 is 0 Å². The van der Waals surface area contributed by atoms with E-state index >= 15 is 0 Å². The summed E-state index contributed by atoms with van der Waals surface area (Å²) < 4.78 is 0. The number of terminal acetylenes is 2. The van der Waals surface area contributed by atoms with Gasteiger partial charge in [0.25, 0.3) is 12.1 Å². The molecule has 0 aromatic rings. The summed E-state index contributed by atoms with van der Waals surface area (Å²) in [6.45, 7) is 0. The van der Waals surface area contributed by atoms with Crippen molar-refractivity contribution in [1.82, 2.24) is 0 Å². The lowest BCUT2D eigenvalue weighted by Gasteiger charge is -1.85. The van der Waals surface area contributed by atoms with Crippen LogP contribution in [-0.4, -0.2) is 9.85 Å². The summed E-state index contributed by atoms with van der Waals surface area (Å²) in [5.74, 6) is 7.87. The molecule has 0 unspecified atom stereocenters. The van der Waals surface area contributed by atoms with E-state index in [4.69, 9.17) is 12.8 Å². The van der Waals surface area contributed by atoms with Crippen molar-refractivity contribution in [2.24, 2.45) is 0 Å². The molecule has 0 aromatic carbocycles. The maximum Gasteiger partial charge on any atom is 0.296 e. The molecule has 0 fully saturated rings. The van der Waals surface area contributed by atoms with Crippen molar-refractivity contribution in [2.75, 3.05) is 0 Å². The van der Waals surface area contributed by atoms with Gasteiger partial charge >= 0.3 is 0 Å². The first-order valence-electron chi connectivity index (χ1n) is 3.50. The molecule has 0 saturated carbocycles. The minimum absolute atomic E-state index is 0.177. The van der Waals surface area contributed by atoms with Gasteiger partial charge in [-0.3, -0.25) is 0 Å². The predicted octanol–water partition coefficient (Wildman–Crippen LogP) is 0.0246. The molecule has 0 amide bonds. The summed E-state index contributed by atoms with van der Waals surface area (Å²) >= 11 is 0. The summed E-state index contributed by atoms with van der Waals surface area (Å²) in [7, 11) is 0. The second-order valence-corrected chi connectivity index (χ2v) is 2.03. The average Bonchev–Trinajstić information content (AvgIpc) is 2.22. The summed E-state index contributed by atoms with van der Waals surface area (Å²) in [6.07, 6.45) is 9.94. The van der Waals surface area contributed by atoms with E-state index in [1.807, 2.05) is 23.7 Å². The molecule has 6 heteroatoms. The lowest BCUT2D eigenvalue weighted by atomic mass is 10.1. The summed E-state index contributed by atoms with van der Waals surface area (Å²) in [6, 6.07) is 3.03. The van der Waals surface area contributed by atoms with Gasteiger partial charge in [-0.2, -0.15) is 0 Å². The van der Waals surface area contributed by atoms with Gasteiger partial charge in [0, 0.05) is 11.8 Å². The second kappa shape index (κ2) is 6.27. The van der Waals surface area contributed by atoms with Gasteiger partial charge in [-0.15, -0.1) is 12.8 Å². The van der Waals surface area contributed by atoms with E-state index in [0.29, 0.717) is 0 Å². The van der Waals surface area contributed by atoms with Crippen molar-refractivity contribution in [2.45, 2.75) is 0 Å². The molecule has 0 saturated heterocycles. The van der Waals surface area contributed by atoms with Gasteiger partial charge in [0.1, 0.15) is 15.4 Å². The Balaban J connectivity index is 5.58. The monoisotopic (exact) mass is 214 g/mol. The van der Waals surface area contributed by atoms with Crippen LogP contribution in [0.1, 0.15) is 0 Å². The highest BCUT2D eigenvalue weighted by Crippen LogP contribution is 1.99. The zero-order valence-electron chi connectivity index (χ0n) is 7.68. The van der Waals surface area contributed by atoms with Crippen molar-refractivity contribution in [3.8, 4) is 48.6 Å². The third kappa shape index (κ3) is 4.72. The summed E-state index contributed by atoms with van der Waals surface area (Å²) in [5, 5.41) is 19.9. The highest BCUT2D eigenvalue weighted by molar-refractivity contribution is 5.58. The van der Waals surface area contributed by atoms with E-state index in [1.54, 1.807) is 0 Å². The van der Waals surface area contributed by atoms with Crippen LogP contribution in [0.4, 0.5) is 0 Å². The van der Waals surface area contributed by atoms with Gasteiger partial charge in [0.05, 0.1) is 5.57 Å². The smallest absolute Gasteiger partial charge is 0.249 e. The van der Waals surface area contributed by atoms with Crippen LogP contribution >= 0.6 is 0 Å². The first-order chi connectivity index (χ1) is 7.51. The molecule has 0 aliphatic carbocycles. The first-order valence-corrected chi connectivity index (χ1v) is 3.50. The van der Waals surface area contributed by atoms with Gasteiger partial charge < -0.3 is 0 Å². The fourth-order valence-corrected chi connectivity index (χ4v) is 0.545. The van der Waals surface area contributed by atoms with Crippen LogP contribution in [0.5, 0.6) is 0 Å². The van der Waals surface area contributed by atoms with Crippen LogP contribution in [0.3, 0.4) is 0 Å². The summed E-state index contributed by atoms with van der Waals surface area (Å²) in [5.41, 5.74) is -0.484. The Morgan fingerprint density at radius 3 is 1.50 bits per heavy atom. The van der Waals surface area contributed by atoms with Crippen LogP contribution in [0.25, 0.3) is 0 Å². The van der Waals surface area contributed by atoms with Crippen LogP contribution in [0.2, 0.25) is 0 Å². The normalized spacial score (nSPS) is 6.62. The average molecular weight is 214 g/mol. The third-order valence-electron chi connectivity index (χ3n) is 1.08. The van der Waals surface area contributed by atoms with E-state index in [-0.39, 0.29) is 11.1 Å². The van der Waals surface area contributed by atoms with Crippen molar-refractivity contribution in [3.05, 3.63) is 31.4 Å². The van der Waals surface area contributed by atoms with Gasteiger partial charge in [-0.25, -0.2) is 20.2 Å². The highest BCUT2D eigenvalue weighted by Gasteiger charge is 2.00. The molecule has 0 N–H and O–H groups in total. The Morgan fingerprint density at radius 1 is 0.875 bits per heavy atom. The Morgan fingerprint density at radius 2 is 1.25 bits per heavy atom. The van der Waals surface area contributed by atoms with E-state index in [1.165, 1.54) is 12.1 Å². The standard InChI is InChI=1S/C10H2N2O4/c1-3-9(4-2)10(5-7-11(13)14)6-8-12(15)16/h1-2H. The third-order valence-corrected chi connectivity index (χ3v) is 1.08. The number of hydrogen-bond donors (Lipinski definition) is 0. The Labute approximate surface area is 90.6 Å². The van der Waals surface area contributed by atoms with Crippen LogP contribution in [0.15, 0.2) is 11.1 Å². The molecule has 0 aliphatic heterocycles. The molecular formula is C10H2N2O4. The number of nitrogens with zero attached hydrogens (tertiary/aromatic N) is 2. The van der Waals surface area contributed by atoms with Crippen LogP contribution in [-0.2, 0) is 0 Å². The van der Waals surface area contributed by atoms with Crippen molar-refractivity contribution in [1.29, 1.82) is 0 Å². The lowest BCUT2D eigenvalue weighted by Crippen LogP contribution is -1.89. The molecule has 0 radical (unpaired) electrons. The molecule has 0 bridgehead atoms. The quantitative estimate of drug-likeness (QED) is 0.246. The molecule has 0 spiro atoms. The molecular weight excluding hydrogens is 212 g/mol. The summed E-state index contributed by atoms with van der Waals surface area (Å²) in [4.78, 5) is 18.0. The molecule has 0 atom stereocenters. The molecule has 0 aromatic heterocycles. The molecule has 0 rings (SSSR count). The van der Waals surface area contributed by atoms with E-state index in [9.17, 15) is 20.2 Å². The molecule has 0 aliphatic rings. The van der Waals surface area contributed by atoms with Crippen molar-refractivity contribution in [3.63, 3.8) is 0 Å². The second-order valence-electron chi connectivity index (χ2n) is 2.03. The maximum absolute atomic E-state index is 9.97. The number of rotatable bonds is 0. The predicted molar refractivity (Wildman–Crippen MR) is 54.2 cm³/mol.